The van der Waals surface area contributed by atoms with Gasteiger partial charge in [0.1, 0.15) is 5.75 Å². The molecule has 0 saturated heterocycles. The van der Waals surface area contributed by atoms with Gasteiger partial charge >= 0.3 is 6.03 Å². The minimum Gasteiger partial charge on any atom is -0.508 e. The highest BCUT2D eigenvalue weighted by atomic mass is 16.3. The standard InChI is InChI=1S/C19H23N3O3/c1-2-8-21(13-18(24)14-4-3-7-20-10-14)19(25)22-11-15-5-6-17(23)9-16(15)12-22/h3-7,9-10,18,23-24H,2,8,11-13H2,1H3. The van der Waals surface area contributed by atoms with E-state index in [1.54, 1.807) is 46.5 Å². The molecule has 6 heteroatoms. The van der Waals surface area contributed by atoms with Crippen LogP contribution in [-0.4, -0.2) is 44.1 Å². The summed E-state index contributed by atoms with van der Waals surface area (Å²) in [5.74, 6) is 0.213. The van der Waals surface area contributed by atoms with E-state index in [2.05, 4.69) is 4.98 Å². The molecule has 0 fully saturated rings. The first-order chi connectivity index (χ1) is 12.1. The SMILES string of the molecule is CCCN(CC(O)c1cccnc1)C(=O)N1Cc2ccc(O)cc2C1. The number of aliphatic hydroxyl groups is 1. The Morgan fingerprint density at radius 2 is 2.12 bits per heavy atom. The first-order valence-electron chi connectivity index (χ1n) is 8.51. The summed E-state index contributed by atoms with van der Waals surface area (Å²) >= 11 is 0. The van der Waals surface area contributed by atoms with Gasteiger partial charge in [-0.15, -0.1) is 0 Å². The van der Waals surface area contributed by atoms with Crippen LogP contribution in [0.5, 0.6) is 5.75 Å². The molecule has 2 amide bonds. The van der Waals surface area contributed by atoms with E-state index in [0.29, 0.717) is 25.2 Å². The van der Waals surface area contributed by atoms with Crippen LogP contribution in [0.4, 0.5) is 4.79 Å². The van der Waals surface area contributed by atoms with Crippen LogP contribution in [0.25, 0.3) is 0 Å². The Balaban J connectivity index is 1.69. The number of carbonyl (C=O) groups excluding carboxylic acids is 1. The number of carbonyl (C=O) groups is 1. The normalized spacial score (nSPS) is 14.2. The van der Waals surface area contributed by atoms with E-state index < -0.39 is 6.10 Å². The highest BCUT2D eigenvalue weighted by molar-refractivity contribution is 5.75. The number of phenols is 1. The number of hydrogen-bond donors (Lipinski definition) is 2. The maximum Gasteiger partial charge on any atom is 0.320 e. The molecule has 0 radical (unpaired) electrons. The number of nitrogens with zero attached hydrogens (tertiary/aromatic N) is 3. The van der Waals surface area contributed by atoms with Crippen LogP contribution in [0.15, 0.2) is 42.7 Å². The van der Waals surface area contributed by atoms with E-state index in [4.69, 9.17) is 0 Å². The number of fused-ring (bicyclic) bond motifs is 1. The molecule has 0 saturated carbocycles. The lowest BCUT2D eigenvalue weighted by molar-refractivity contribution is 0.102. The number of aromatic nitrogens is 1. The van der Waals surface area contributed by atoms with Gasteiger partial charge in [-0.3, -0.25) is 4.98 Å². The maximum atomic E-state index is 12.9. The summed E-state index contributed by atoms with van der Waals surface area (Å²) in [6, 6.07) is 8.68. The molecule has 132 valence electrons. The molecule has 1 aromatic carbocycles. The predicted molar refractivity (Wildman–Crippen MR) is 93.8 cm³/mol. The van der Waals surface area contributed by atoms with Crippen molar-refractivity contribution in [2.45, 2.75) is 32.5 Å². The molecule has 2 aromatic rings. The van der Waals surface area contributed by atoms with Gasteiger partial charge in [0.2, 0.25) is 0 Å². The average molecular weight is 341 g/mol. The van der Waals surface area contributed by atoms with Crippen molar-refractivity contribution in [3.05, 3.63) is 59.4 Å². The third-order valence-corrected chi connectivity index (χ3v) is 4.41. The van der Waals surface area contributed by atoms with Crippen molar-refractivity contribution in [2.24, 2.45) is 0 Å². The zero-order valence-corrected chi connectivity index (χ0v) is 14.3. The fourth-order valence-electron chi connectivity index (χ4n) is 3.14. The van der Waals surface area contributed by atoms with Crippen LogP contribution in [0.2, 0.25) is 0 Å². The number of aliphatic hydroxyl groups excluding tert-OH is 1. The second-order valence-electron chi connectivity index (χ2n) is 6.34. The Morgan fingerprint density at radius 3 is 2.84 bits per heavy atom. The van der Waals surface area contributed by atoms with E-state index in [1.165, 1.54) is 0 Å². The first kappa shape index (κ1) is 17.2. The summed E-state index contributed by atoms with van der Waals surface area (Å²) in [6.07, 6.45) is 3.32. The first-order valence-corrected chi connectivity index (χ1v) is 8.51. The minimum absolute atomic E-state index is 0.0968. The summed E-state index contributed by atoms with van der Waals surface area (Å²) in [7, 11) is 0. The van der Waals surface area contributed by atoms with Crippen molar-refractivity contribution < 1.29 is 15.0 Å². The highest BCUT2D eigenvalue weighted by Gasteiger charge is 2.28. The van der Waals surface area contributed by atoms with Gasteiger partial charge in [0.15, 0.2) is 0 Å². The number of aromatic hydroxyl groups is 1. The van der Waals surface area contributed by atoms with Crippen molar-refractivity contribution in [3.63, 3.8) is 0 Å². The third-order valence-electron chi connectivity index (χ3n) is 4.41. The van der Waals surface area contributed by atoms with Crippen molar-refractivity contribution in [3.8, 4) is 5.75 Å². The molecule has 3 rings (SSSR count). The number of hydrogen-bond acceptors (Lipinski definition) is 4. The van der Waals surface area contributed by atoms with Crippen molar-refractivity contribution >= 4 is 6.03 Å². The Bertz CT molecular complexity index is 736. The lowest BCUT2D eigenvalue weighted by atomic mass is 10.1. The van der Waals surface area contributed by atoms with E-state index in [0.717, 1.165) is 17.5 Å². The van der Waals surface area contributed by atoms with Gasteiger partial charge < -0.3 is 20.0 Å². The van der Waals surface area contributed by atoms with Gasteiger partial charge in [-0.05, 0) is 35.7 Å². The van der Waals surface area contributed by atoms with Crippen LogP contribution in [0.1, 0.15) is 36.1 Å². The quantitative estimate of drug-likeness (QED) is 0.876. The Hall–Kier alpha value is -2.60. The monoisotopic (exact) mass is 341 g/mol. The van der Waals surface area contributed by atoms with Gasteiger partial charge in [0.05, 0.1) is 12.6 Å². The smallest absolute Gasteiger partial charge is 0.320 e. The lowest BCUT2D eigenvalue weighted by Gasteiger charge is -2.29. The number of benzene rings is 1. The number of phenolic OH excluding ortho intramolecular Hbond substituents is 1. The van der Waals surface area contributed by atoms with E-state index >= 15 is 0 Å². The van der Waals surface area contributed by atoms with E-state index in [9.17, 15) is 15.0 Å². The summed E-state index contributed by atoms with van der Waals surface area (Å²) in [4.78, 5) is 20.4. The van der Waals surface area contributed by atoms with Crippen LogP contribution in [0.3, 0.4) is 0 Å². The molecule has 1 aliphatic heterocycles. The van der Waals surface area contributed by atoms with E-state index in [-0.39, 0.29) is 18.3 Å². The Labute approximate surface area is 147 Å². The fraction of sp³-hybridized carbons (Fsp3) is 0.368. The van der Waals surface area contributed by atoms with Crippen molar-refractivity contribution in [1.29, 1.82) is 0 Å². The van der Waals surface area contributed by atoms with Gasteiger partial charge in [-0.2, -0.15) is 0 Å². The van der Waals surface area contributed by atoms with Gasteiger partial charge in [-0.25, -0.2) is 4.79 Å². The number of urea groups is 1. The largest absolute Gasteiger partial charge is 0.508 e. The molecule has 1 aromatic heterocycles. The third kappa shape index (κ3) is 3.91. The molecule has 0 spiro atoms. The molecule has 1 atom stereocenters. The highest BCUT2D eigenvalue weighted by Crippen LogP contribution is 2.27. The van der Waals surface area contributed by atoms with Crippen molar-refractivity contribution in [2.75, 3.05) is 13.1 Å². The minimum atomic E-state index is -0.766. The molecule has 6 nitrogen and oxygen atoms in total. The summed E-state index contributed by atoms with van der Waals surface area (Å²) in [5, 5.41) is 20.0. The molecule has 2 heterocycles. The Morgan fingerprint density at radius 1 is 1.32 bits per heavy atom. The molecule has 1 unspecified atom stereocenters. The van der Waals surface area contributed by atoms with Crippen molar-refractivity contribution in [1.82, 2.24) is 14.8 Å². The number of amides is 2. The predicted octanol–water partition coefficient (Wildman–Crippen LogP) is 2.67. The topological polar surface area (TPSA) is 76.9 Å². The molecule has 25 heavy (non-hydrogen) atoms. The fourth-order valence-corrected chi connectivity index (χ4v) is 3.14. The summed E-state index contributed by atoms with van der Waals surface area (Å²) in [5.41, 5.74) is 2.72. The molecule has 1 aliphatic rings. The number of pyridine rings is 1. The molecular formula is C19H23N3O3. The van der Waals surface area contributed by atoms with Crippen LogP contribution in [-0.2, 0) is 13.1 Å². The summed E-state index contributed by atoms with van der Waals surface area (Å²) in [6.45, 7) is 3.82. The van der Waals surface area contributed by atoms with E-state index in [1.807, 2.05) is 13.0 Å². The van der Waals surface area contributed by atoms with Gasteiger partial charge in [0, 0.05) is 37.6 Å². The number of rotatable bonds is 5. The maximum absolute atomic E-state index is 12.9. The molecule has 0 bridgehead atoms. The Kier molecular flexibility index (Phi) is 5.19. The zero-order chi connectivity index (χ0) is 17.8. The molecular weight excluding hydrogens is 318 g/mol. The molecule has 0 aliphatic carbocycles. The average Bonchev–Trinajstić information content (AvgIpc) is 3.04. The zero-order valence-electron chi connectivity index (χ0n) is 14.3. The van der Waals surface area contributed by atoms with Crippen LogP contribution < -0.4 is 0 Å². The van der Waals surface area contributed by atoms with Crippen LogP contribution in [0, 0.1) is 0 Å². The lowest BCUT2D eigenvalue weighted by Crippen LogP contribution is -2.43. The summed E-state index contributed by atoms with van der Waals surface area (Å²) < 4.78 is 0. The second-order valence-corrected chi connectivity index (χ2v) is 6.34. The molecule has 2 N–H and O–H groups in total. The van der Waals surface area contributed by atoms with Crippen LogP contribution >= 0.6 is 0 Å². The van der Waals surface area contributed by atoms with Gasteiger partial charge in [0.25, 0.3) is 0 Å². The second kappa shape index (κ2) is 7.53. The van der Waals surface area contributed by atoms with Gasteiger partial charge in [-0.1, -0.05) is 19.1 Å².